The van der Waals surface area contributed by atoms with Gasteiger partial charge in [0.05, 0.1) is 12.9 Å². The van der Waals surface area contributed by atoms with E-state index >= 15 is 0 Å². The Bertz CT molecular complexity index is 3290. The zero-order valence-electron chi connectivity index (χ0n) is 50.2. The number of phenolic OH excluding ortho intramolecular Hbond substituents is 1. The van der Waals surface area contributed by atoms with Gasteiger partial charge in [-0.05, 0) is 92.1 Å². The lowest BCUT2D eigenvalue weighted by atomic mass is 10.0. The van der Waals surface area contributed by atoms with Gasteiger partial charge in [0.2, 0.25) is 53.2 Å². The number of aromatic hydroxyl groups is 1. The molecule has 4 aromatic rings. The third kappa shape index (κ3) is 21.4. The molecule has 91 heavy (non-hydrogen) atoms. The van der Waals surface area contributed by atoms with Crippen molar-refractivity contribution in [3.63, 3.8) is 0 Å². The van der Waals surface area contributed by atoms with Crippen molar-refractivity contribution in [1.82, 2.24) is 73.2 Å². The summed E-state index contributed by atoms with van der Waals surface area (Å²) in [6.45, 7) is 2.49. The minimum atomic E-state index is -1.82. The fourth-order valence-electron chi connectivity index (χ4n) is 10.4. The maximum Gasteiger partial charge on any atom is 0.330 e. The summed E-state index contributed by atoms with van der Waals surface area (Å²) in [5.41, 5.74) is 31.4. The highest BCUT2D eigenvalue weighted by Crippen LogP contribution is 2.22. The van der Waals surface area contributed by atoms with Crippen molar-refractivity contribution >= 4 is 82.0 Å². The third-order valence-electron chi connectivity index (χ3n) is 15.0. The molecule has 2 aromatic heterocycles. The number of aliphatic hydroxyl groups is 1. The summed E-state index contributed by atoms with van der Waals surface area (Å²) in [5.74, 6) is -8.71. The van der Waals surface area contributed by atoms with Gasteiger partial charge in [0.25, 0.3) is 5.91 Å². The number of nitrogens with one attached hydrogen (secondary N) is 12. The van der Waals surface area contributed by atoms with Crippen LogP contribution in [0.1, 0.15) is 88.5 Å². The van der Waals surface area contributed by atoms with E-state index < -0.39 is 120 Å². The summed E-state index contributed by atoms with van der Waals surface area (Å²) in [5, 5.41) is 46.1. The number of aliphatic imine (C=N–C) groups is 1. The van der Waals surface area contributed by atoms with Crippen molar-refractivity contribution in [2.75, 3.05) is 26.2 Å². The van der Waals surface area contributed by atoms with Crippen LogP contribution in [0.15, 0.2) is 77.4 Å². The number of fused-ring (bicyclic) bond motifs is 1. The Balaban J connectivity index is 1.24. The average molecular weight is 1270 g/mol. The van der Waals surface area contributed by atoms with Crippen LogP contribution in [-0.2, 0) is 67.2 Å². The van der Waals surface area contributed by atoms with Crippen molar-refractivity contribution in [3.8, 4) is 5.75 Å². The van der Waals surface area contributed by atoms with E-state index in [4.69, 9.17) is 22.7 Å². The van der Waals surface area contributed by atoms with Crippen molar-refractivity contribution in [2.24, 2.45) is 33.2 Å². The number of likely N-dealkylation sites (tertiary alicyclic amines) is 1. The third-order valence-corrected chi connectivity index (χ3v) is 15.0. The molecule has 9 atom stereocenters. The van der Waals surface area contributed by atoms with Crippen LogP contribution in [0, 0.1) is 5.92 Å². The number of imidazole rings is 1. The number of rotatable bonds is 33. The van der Waals surface area contributed by atoms with Crippen LogP contribution in [0.5, 0.6) is 5.75 Å². The number of aromatic nitrogens is 3. The number of benzene rings is 2. The highest BCUT2D eigenvalue weighted by atomic mass is 16.3. The Morgan fingerprint density at radius 3 is 1.96 bits per heavy atom. The van der Waals surface area contributed by atoms with Crippen LogP contribution in [0.4, 0.5) is 4.79 Å². The first-order valence-electron chi connectivity index (χ1n) is 29.6. The topological polar surface area (TPSA) is 535 Å². The minimum Gasteiger partial charge on any atom is -0.508 e. The van der Waals surface area contributed by atoms with E-state index in [1.165, 1.54) is 41.7 Å². The Morgan fingerprint density at radius 2 is 1.32 bits per heavy atom. The van der Waals surface area contributed by atoms with Gasteiger partial charge in [-0.2, -0.15) is 0 Å². The first-order valence-corrected chi connectivity index (χ1v) is 29.6. The molecule has 2 fully saturated rings. The number of aliphatic hydroxyl groups excluding tert-OH is 1. The molecule has 0 aliphatic carbocycles. The molecule has 34 heteroatoms. The Hall–Kier alpha value is -10.5. The van der Waals surface area contributed by atoms with Gasteiger partial charge >= 0.3 is 6.03 Å². The van der Waals surface area contributed by atoms with Gasteiger partial charge in [0.1, 0.15) is 60.1 Å². The van der Waals surface area contributed by atoms with Crippen molar-refractivity contribution in [3.05, 3.63) is 94.5 Å². The van der Waals surface area contributed by atoms with E-state index in [1.807, 2.05) is 5.43 Å². The number of aromatic amines is 2. The Labute approximate surface area is 521 Å². The van der Waals surface area contributed by atoms with E-state index in [2.05, 4.69) is 77.9 Å². The standard InChI is InChI=1S/C57H79N21O13/c1-30(2)22-40(49(84)69-39(11-5-19-63-56(58)59)55(90)78-21-7-12-45(78)54(89)75-76-57(60)91)70-47(82)37(10-6-20-66-77-61)68-50(85)41(23-31-13-15-34(80)16-14-31)71-53(88)44(28-79)74-51(86)42(24-32-26-64-36-9-4-3-8-35(32)36)72-52(87)43(25-33-27-62-29-65-33)73-48(83)38-17-18-46(81)67-38/h3-4,8-9,13-16,26-27,29-30,37-45,64,79-80H,5-7,10-12,17-25,28H2,1-2H3,(H,62,65)(H,67,81)(H,68,85)(H,69,84)(H,70,82)(H,71,88)(H,72,87)(H,73,83)(H,74,86)(H,75,89)(H4,58,59,63)(H3,60,76,91)/t37-,38+,39+,40+,41+,42+,43+,44+,45+/m1/s1. The average Bonchev–Trinajstić information content (AvgIpc) is 2.05. The van der Waals surface area contributed by atoms with E-state index in [1.54, 1.807) is 44.3 Å². The molecule has 2 aliphatic heterocycles. The van der Waals surface area contributed by atoms with Gasteiger partial charge in [-0.15, -0.1) is 0 Å². The minimum absolute atomic E-state index is 0.00820. The molecule has 12 amide bonds. The van der Waals surface area contributed by atoms with Gasteiger partial charge in [-0.3, -0.25) is 58.4 Å². The van der Waals surface area contributed by atoms with Crippen LogP contribution in [-0.4, -0.2) is 182 Å². The molecule has 20 N–H and O–H groups in total. The predicted molar refractivity (Wildman–Crippen MR) is 326 cm³/mol. The first-order chi connectivity index (χ1) is 43.5. The number of hydrogen-bond donors (Lipinski definition) is 17. The Kier molecular flexibility index (Phi) is 26.2. The second-order valence-corrected chi connectivity index (χ2v) is 22.3. The molecule has 4 heterocycles. The summed E-state index contributed by atoms with van der Waals surface area (Å²) >= 11 is 0. The van der Waals surface area contributed by atoms with Crippen LogP contribution < -0.4 is 70.6 Å². The second-order valence-electron chi connectivity index (χ2n) is 22.3. The monoisotopic (exact) mass is 1270 g/mol. The lowest BCUT2D eigenvalue weighted by Crippen LogP contribution is -2.61. The number of azide groups is 1. The maximum absolute atomic E-state index is 14.7. The number of hydrazine groups is 1. The Morgan fingerprint density at radius 1 is 0.714 bits per heavy atom. The number of para-hydroxylation sites is 1. The van der Waals surface area contributed by atoms with Gasteiger partial charge in [-0.1, -0.05) is 49.3 Å². The molecule has 6 rings (SSSR count). The van der Waals surface area contributed by atoms with Crippen molar-refractivity contribution < 1.29 is 63.0 Å². The van der Waals surface area contributed by atoms with Crippen molar-refractivity contribution in [1.29, 1.82) is 0 Å². The van der Waals surface area contributed by atoms with Crippen molar-refractivity contribution in [2.45, 2.75) is 145 Å². The van der Waals surface area contributed by atoms with Crippen LogP contribution in [0.25, 0.3) is 21.3 Å². The molecule has 0 spiro atoms. The van der Waals surface area contributed by atoms with Gasteiger partial charge in [0, 0.05) is 79.2 Å². The molecule has 0 bridgehead atoms. The van der Waals surface area contributed by atoms with E-state index in [0.717, 1.165) is 0 Å². The number of carbonyl (C=O) groups excluding carboxylic acids is 11. The number of primary amides is 1. The number of phenols is 1. The number of carbonyl (C=O) groups is 11. The van der Waals surface area contributed by atoms with Gasteiger partial charge < -0.3 is 84.8 Å². The largest absolute Gasteiger partial charge is 0.508 e. The number of nitrogens with two attached hydrogens (primary N) is 3. The first kappa shape index (κ1) is 69.6. The van der Waals surface area contributed by atoms with Crippen LogP contribution in [0.2, 0.25) is 0 Å². The number of urea groups is 1. The number of nitrogens with zero attached hydrogens (tertiary/aromatic N) is 6. The van der Waals surface area contributed by atoms with E-state index in [9.17, 15) is 63.0 Å². The highest BCUT2D eigenvalue weighted by molar-refractivity contribution is 5.99. The van der Waals surface area contributed by atoms with E-state index in [-0.39, 0.29) is 114 Å². The quantitative estimate of drug-likeness (QED) is 0.00435. The van der Waals surface area contributed by atoms with Gasteiger partial charge in [-0.25, -0.2) is 15.2 Å². The molecule has 2 saturated heterocycles. The molecule has 0 saturated carbocycles. The number of hydrogen-bond acceptors (Lipinski definition) is 16. The summed E-state index contributed by atoms with van der Waals surface area (Å²) in [4.78, 5) is 169. The number of H-pyrrole nitrogens is 2. The predicted octanol–water partition coefficient (Wildman–Crippen LogP) is -2.83. The van der Waals surface area contributed by atoms with E-state index in [0.29, 0.717) is 34.1 Å². The second kappa shape index (κ2) is 34.3. The normalized spacial score (nSPS) is 16.6. The van der Waals surface area contributed by atoms with Crippen LogP contribution >= 0.6 is 0 Å². The highest BCUT2D eigenvalue weighted by Gasteiger charge is 2.40. The fraction of sp³-hybridized carbons (Fsp3) is 0.491. The smallest absolute Gasteiger partial charge is 0.330 e. The zero-order chi connectivity index (χ0) is 66.1. The summed E-state index contributed by atoms with van der Waals surface area (Å²) < 4.78 is 0. The summed E-state index contributed by atoms with van der Waals surface area (Å²) in [7, 11) is 0. The summed E-state index contributed by atoms with van der Waals surface area (Å²) in [6.07, 6.45) is 4.58. The lowest BCUT2D eigenvalue weighted by Gasteiger charge is -2.30. The zero-order valence-corrected chi connectivity index (χ0v) is 50.2. The SMILES string of the molecule is CC(C)C[C@H](NC(=O)[C@@H](CCCN=[N+]=[N-])NC(=O)[C@H](Cc1ccc(O)cc1)NC(=O)[C@H](CO)NC(=O)[C@H](Cc1c[nH]c2ccccc12)NC(=O)[C@H](Cc1cnc[nH]1)NC(=O)[C@@H]1CCC(=O)N1)C(=O)N[C@@H](CCCN=C(N)N)C(=O)N1CCC[C@H]1C(=O)NNC(N)=O. The van der Waals surface area contributed by atoms with Gasteiger partial charge in [0.15, 0.2) is 5.96 Å². The maximum atomic E-state index is 14.7. The molecule has 0 unspecified atom stereocenters. The fourth-order valence-corrected chi connectivity index (χ4v) is 10.4. The molecule has 2 aliphatic rings. The lowest BCUT2D eigenvalue weighted by molar-refractivity contribution is -0.142. The molecule has 490 valence electrons. The number of guanidine groups is 1. The summed E-state index contributed by atoms with van der Waals surface area (Å²) in [6, 6.07) is -0.834. The molecule has 2 aromatic carbocycles. The molecule has 34 nitrogen and oxygen atoms in total. The van der Waals surface area contributed by atoms with Crippen LogP contribution in [0.3, 0.4) is 0 Å². The molecule has 0 radical (unpaired) electrons. The molecular weight excluding hydrogens is 1190 g/mol. The molecular formula is C57H79N21O13. The number of amides is 12.